The minimum atomic E-state index is 0.339. The first kappa shape index (κ1) is 10.4. The molecule has 0 aliphatic carbocycles. The van der Waals surface area contributed by atoms with Crippen LogP contribution in [-0.4, -0.2) is 31.1 Å². The second kappa shape index (κ2) is 5.57. The number of nitrogens with zero attached hydrogens (tertiary/aromatic N) is 2. The molecule has 118 valence electrons. The van der Waals surface area contributed by atoms with Crippen LogP contribution in [-0.2, 0) is 0 Å². The molecule has 3 heteroatoms. The zero-order valence-corrected chi connectivity index (χ0v) is 13.8. The van der Waals surface area contributed by atoms with Gasteiger partial charge in [0.15, 0.2) is 0 Å². The molecule has 2 aromatic carbocycles. The van der Waals surface area contributed by atoms with E-state index in [1.807, 2.05) is 12.1 Å². The SMILES string of the molecule is [2H]c1cc([2H])c2c(c1)Sc1cc([2H])cc([2H])c1N2C[C@@H]1CN2CCC1CC2. The van der Waals surface area contributed by atoms with Crippen LogP contribution in [0.15, 0.2) is 58.2 Å². The Morgan fingerprint density at radius 3 is 2.26 bits per heavy atom. The molecule has 0 aromatic heterocycles. The average molecular weight is 327 g/mol. The average Bonchev–Trinajstić information content (AvgIpc) is 2.61. The maximum Gasteiger partial charge on any atom is 0.0645 e. The first-order valence-corrected chi connectivity index (χ1v) is 9.21. The Balaban J connectivity index is 1.61. The lowest BCUT2D eigenvalue weighted by Gasteiger charge is -2.47. The van der Waals surface area contributed by atoms with E-state index >= 15 is 0 Å². The molecule has 3 saturated heterocycles. The number of hydrogen-bond acceptors (Lipinski definition) is 3. The minimum absolute atomic E-state index is 0.339. The Morgan fingerprint density at radius 2 is 1.70 bits per heavy atom. The number of fused-ring (bicyclic) bond motifs is 5. The zero-order valence-electron chi connectivity index (χ0n) is 17.0. The Kier molecular flexibility index (Phi) is 2.52. The van der Waals surface area contributed by atoms with E-state index < -0.39 is 0 Å². The van der Waals surface area contributed by atoms with Crippen molar-refractivity contribution in [1.29, 1.82) is 0 Å². The summed E-state index contributed by atoms with van der Waals surface area (Å²) >= 11 is 1.49. The molecule has 0 N–H and O–H groups in total. The molecule has 4 aliphatic rings. The van der Waals surface area contributed by atoms with Crippen molar-refractivity contribution < 1.29 is 5.48 Å². The minimum Gasteiger partial charge on any atom is -0.339 e. The molecule has 0 spiro atoms. The van der Waals surface area contributed by atoms with Gasteiger partial charge in [0.25, 0.3) is 0 Å². The fourth-order valence-electron chi connectivity index (χ4n) is 4.25. The summed E-state index contributed by atoms with van der Waals surface area (Å²) in [6, 6.07) is 8.19. The van der Waals surface area contributed by atoms with Gasteiger partial charge in [-0.15, -0.1) is 0 Å². The molecule has 2 nitrogen and oxygen atoms in total. The van der Waals surface area contributed by atoms with Crippen LogP contribution in [0.25, 0.3) is 0 Å². The van der Waals surface area contributed by atoms with Gasteiger partial charge in [0, 0.05) is 22.9 Å². The highest BCUT2D eigenvalue weighted by molar-refractivity contribution is 7.99. The van der Waals surface area contributed by atoms with E-state index in [1.165, 1.54) is 37.7 Å². The molecular formula is C20H22N2S. The van der Waals surface area contributed by atoms with Gasteiger partial charge in [0.1, 0.15) is 0 Å². The molecule has 3 fully saturated rings. The van der Waals surface area contributed by atoms with Crippen molar-refractivity contribution in [1.82, 2.24) is 4.90 Å². The molecule has 4 heterocycles. The van der Waals surface area contributed by atoms with Gasteiger partial charge >= 0.3 is 0 Å². The number of benzene rings is 2. The summed E-state index contributed by atoms with van der Waals surface area (Å²) in [6.07, 6.45) is 2.48. The summed E-state index contributed by atoms with van der Waals surface area (Å²) in [5.41, 5.74) is 1.65. The lowest BCUT2D eigenvalue weighted by atomic mass is 9.78. The summed E-state index contributed by atoms with van der Waals surface area (Å²) in [5, 5.41) is 0. The highest BCUT2D eigenvalue weighted by atomic mass is 32.2. The quantitative estimate of drug-likeness (QED) is 0.794. The van der Waals surface area contributed by atoms with Gasteiger partial charge in [0.05, 0.1) is 16.9 Å². The van der Waals surface area contributed by atoms with Gasteiger partial charge < -0.3 is 9.80 Å². The number of para-hydroxylation sites is 2. The topological polar surface area (TPSA) is 6.48 Å². The summed E-state index contributed by atoms with van der Waals surface area (Å²) in [4.78, 5) is 6.48. The Labute approximate surface area is 148 Å². The van der Waals surface area contributed by atoms with Crippen LogP contribution in [0, 0.1) is 11.8 Å². The molecule has 4 aliphatic heterocycles. The molecule has 23 heavy (non-hydrogen) atoms. The van der Waals surface area contributed by atoms with E-state index in [4.69, 9.17) is 5.48 Å². The molecule has 0 amide bonds. The van der Waals surface area contributed by atoms with Gasteiger partial charge in [-0.25, -0.2) is 0 Å². The number of rotatable bonds is 2. The monoisotopic (exact) mass is 326 g/mol. The van der Waals surface area contributed by atoms with E-state index in [9.17, 15) is 0 Å². The van der Waals surface area contributed by atoms with Gasteiger partial charge in [0.2, 0.25) is 0 Å². The Hall–Kier alpha value is -1.45. The third-order valence-corrected chi connectivity index (χ3v) is 6.51. The highest BCUT2D eigenvalue weighted by Crippen LogP contribution is 2.48. The zero-order chi connectivity index (χ0) is 18.7. The number of piperidine rings is 3. The van der Waals surface area contributed by atoms with E-state index in [0.29, 0.717) is 36.0 Å². The van der Waals surface area contributed by atoms with Gasteiger partial charge in [-0.05, 0) is 62.0 Å². The molecule has 2 bridgehead atoms. The van der Waals surface area contributed by atoms with Crippen molar-refractivity contribution in [2.24, 2.45) is 11.8 Å². The second-order valence-corrected chi connectivity index (χ2v) is 7.82. The molecule has 0 radical (unpaired) electrons. The largest absolute Gasteiger partial charge is 0.339 e. The van der Waals surface area contributed by atoms with Crippen LogP contribution in [0.5, 0.6) is 0 Å². The van der Waals surface area contributed by atoms with Crippen molar-refractivity contribution in [3.63, 3.8) is 0 Å². The van der Waals surface area contributed by atoms with E-state index in [2.05, 4.69) is 9.80 Å². The van der Waals surface area contributed by atoms with Gasteiger partial charge in [-0.1, -0.05) is 36.0 Å². The van der Waals surface area contributed by atoms with E-state index in [0.717, 1.165) is 34.3 Å². The van der Waals surface area contributed by atoms with Crippen LogP contribution in [0.4, 0.5) is 11.4 Å². The summed E-state index contributed by atoms with van der Waals surface area (Å²) in [7, 11) is 0. The van der Waals surface area contributed by atoms with Crippen molar-refractivity contribution in [3.05, 3.63) is 48.4 Å². The summed E-state index contributed by atoms with van der Waals surface area (Å²) in [6.45, 7) is 4.28. The molecule has 6 rings (SSSR count). The van der Waals surface area contributed by atoms with Crippen molar-refractivity contribution >= 4 is 23.1 Å². The van der Waals surface area contributed by atoms with Crippen LogP contribution in [0.1, 0.15) is 18.3 Å². The van der Waals surface area contributed by atoms with Crippen LogP contribution >= 0.6 is 11.8 Å². The molecule has 2 aromatic rings. The standard InChI is InChI=1S/C20H22N2S/c1-3-7-19-17(5-1)22(18-6-2-4-8-20(18)23-19)14-16-13-21-11-9-15(16)10-12-21/h1-8,15-16H,9-14H2/t16-/m0/s1/i3D,4D,5D,6D. The van der Waals surface area contributed by atoms with Crippen LogP contribution in [0.2, 0.25) is 0 Å². The lowest BCUT2D eigenvalue weighted by molar-refractivity contribution is 0.0553. The fourth-order valence-corrected chi connectivity index (χ4v) is 5.28. The molecule has 0 unspecified atom stereocenters. The molecule has 1 atom stereocenters. The first-order chi connectivity index (χ1) is 13.0. The van der Waals surface area contributed by atoms with E-state index in [1.54, 1.807) is 12.1 Å². The first-order valence-electron chi connectivity index (χ1n) is 10.4. The normalized spacial score (nSPS) is 30.8. The van der Waals surface area contributed by atoms with Crippen LogP contribution in [0.3, 0.4) is 0 Å². The summed E-state index contributed by atoms with van der Waals surface area (Å²) in [5.74, 6) is 1.24. The predicted octanol–water partition coefficient (Wildman–Crippen LogP) is 4.63. The van der Waals surface area contributed by atoms with E-state index in [-0.39, 0.29) is 0 Å². The predicted molar refractivity (Wildman–Crippen MR) is 96.7 cm³/mol. The number of hydrogen-bond donors (Lipinski definition) is 0. The smallest absolute Gasteiger partial charge is 0.0645 e. The number of anilines is 2. The van der Waals surface area contributed by atoms with Crippen molar-refractivity contribution in [2.75, 3.05) is 31.1 Å². The Bertz CT molecular complexity index is 854. The van der Waals surface area contributed by atoms with Gasteiger partial charge in [-0.2, -0.15) is 0 Å². The molecular weight excluding hydrogens is 300 g/mol. The summed E-state index contributed by atoms with van der Waals surface area (Å²) < 4.78 is 33.0. The second-order valence-electron chi connectivity index (χ2n) is 6.74. The van der Waals surface area contributed by atoms with Crippen LogP contribution < -0.4 is 4.90 Å². The van der Waals surface area contributed by atoms with Gasteiger partial charge in [-0.3, -0.25) is 0 Å². The third-order valence-electron chi connectivity index (χ3n) is 5.45. The Morgan fingerprint density at radius 1 is 1.04 bits per heavy atom. The lowest BCUT2D eigenvalue weighted by Crippen LogP contribution is -2.50. The van der Waals surface area contributed by atoms with Crippen molar-refractivity contribution in [2.45, 2.75) is 22.6 Å². The maximum absolute atomic E-state index is 8.51. The van der Waals surface area contributed by atoms with Crippen molar-refractivity contribution in [3.8, 4) is 0 Å². The highest BCUT2D eigenvalue weighted by Gasteiger charge is 2.36. The fraction of sp³-hybridized carbons (Fsp3) is 0.400. The molecule has 0 saturated carbocycles. The third kappa shape index (κ3) is 2.38. The maximum atomic E-state index is 8.51.